The highest BCUT2D eigenvalue weighted by Gasteiger charge is 2.07. The lowest BCUT2D eigenvalue weighted by atomic mass is 10.0. The van der Waals surface area contributed by atoms with E-state index in [0.29, 0.717) is 12.6 Å². The van der Waals surface area contributed by atoms with Gasteiger partial charge >= 0.3 is 0 Å². The third-order valence-corrected chi connectivity index (χ3v) is 2.32. The van der Waals surface area contributed by atoms with Crippen LogP contribution in [-0.4, -0.2) is 13.1 Å². The summed E-state index contributed by atoms with van der Waals surface area (Å²) >= 11 is 0. The number of rotatable bonds is 5. The molecule has 1 unspecified atom stereocenters. The van der Waals surface area contributed by atoms with Gasteiger partial charge in [-0.15, -0.1) is 0 Å². The molecule has 3 N–H and O–H groups in total. The van der Waals surface area contributed by atoms with Crippen LogP contribution >= 0.6 is 0 Å². The first-order chi connectivity index (χ1) is 6.77. The van der Waals surface area contributed by atoms with E-state index in [1.54, 1.807) is 0 Å². The molecule has 0 aromatic heterocycles. The SMILES string of the molecule is CCCNC(CN)c1cccc(C)c1. The molecular weight excluding hydrogens is 172 g/mol. The van der Waals surface area contributed by atoms with E-state index in [0.717, 1.165) is 13.0 Å². The molecule has 1 rings (SSSR count). The molecule has 0 bridgehead atoms. The maximum absolute atomic E-state index is 5.73. The zero-order chi connectivity index (χ0) is 10.4. The molecule has 0 aliphatic heterocycles. The molecule has 2 nitrogen and oxygen atoms in total. The van der Waals surface area contributed by atoms with Crippen molar-refractivity contribution in [2.45, 2.75) is 26.3 Å². The number of hydrogen-bond donors (Lipinski definition) is 2. The molecule has 0 saturated heterocycles. The average Bonchev–Trinajstić information content (AvgIpc) is 2.19. The summed E-state index contributed by atoms with van der Waals surface area (Å²) in [6, 6.07) is 8.82. The highest BCUT2D eigenvalue weighted by Crippen LogP contribution is 2.13. The highest BCUT2D eigenvalue weighted by molar-refractivity contribution is 5.25. The van der Waals surface area contributed by atoms with Crippen molar-refractivity contribution < 1.29 is 0 Å². The Morgan fingerprint density at radius 2 is 2.21 bits per heavy atom. The van der Waals surface area contributed by atoms with Gasteiger partial charge in [0.15, 0.2) is 0 Å². The Hall–Kier alpha value is -0.860. The van der Waals surface area contributed by atoms with Crippen molar-refractivity contribution in [3.05, 3.63) is 35.4 Å². The van der Waals surface area contributed by atoms with Crippen molar-refractivity contribution in [3.63, 3.8) is 0 Å². The van der Waals surface area contributed by atoms with Crippen LogP contribution in [0.1, 0.15) is 30.5 Å². The molecule has 0 spiro atoms. The first kappa shape index (κ1) is 11.2. The summed E-state index contributed by atoms with van der Waals surface area (Å²) in [6.07, 6.45) is 1.14. The Morgan fingerprint density at radius 3 is 2.79 bits per heavy atom. The van der Waals surface area contributed by atoms with E-state index in [4.69, 9.17) is 5.73 Å². The molecule has 78 valence electrons. The van der Waals surface area contributed by atoms with Gasteiger partial charge in [0.05, 0.1) is 0 Å². The maximum atomic E-state index is 5.73. The zero-order valence-electron chi connectivity index (χ0n) is 9.09. The average molecular weight is 192 g/mol. The van der Waals surface area contributed by atoms with Gasteiger partial charge in [-0.05, 0) is 25.5 Å². The molecule has 2 heteroatoms. The maximum Gasteiger partial charge on any atom is 0.0444 e. The van der Waals surface area contributed by atoms with Gasteiger partial charge in [-0.2, -0.15) is 0 Å². The summed E-state index contributed by atoms with van der Waals surface area (Å²) < 4.78 is 0. The van der Waals surface area contributed by atoms with Crippen LogP contribution in [0.4, 0.5) is 0 Å². The first-order valence-corrected chi connectivity index (χ1v) is 5.28. The molecule has 0 amide bonds. The van der Waals surface area contributed by atoms with E-state index < -0.39 is 0 Å². The fourth-order valence-corrected chi connectivity index (χ4v) is 1.54. The number of nitrogens with two attached hydrogens (primary N) is 1. The molecule has 0 heterocycles. The smallest absolute Gasteiger partial charge is 0.0444 e. The molecule has 0 saturated carbocycles. The topological polar surface area (TPSA) is 38.0 Å². The van der Waals surface area contributed by atoms with Gasteiger partial charge in [-0.1, -0.05) is 36.8 Å². The van der Waals surface area contributed by atoms with Gasteiger partial charge < -0.3 is 11.1 Å². The lowest BCUT2D eigenvalue weighted by Gasteiger charge is -2.17. The predicted molar refractivity (Wildman–Crippen MR) is 61.3 cm³/mol. The summed E-state index contributed by atoms with van der Waals surface area (Å²) in [5, 5.41) is 3.44. The van der Waals surface area contributed by atoms with Crippen LogP contribution in [0.15, 0.2) is 24.3 Å². The van der Waals surface area contributed by atoms with Gasteiger partial charge in [0.2, 0.25) is 0 Å². The van der Waals surface area contributed by atoms with Crippen LogP contribution < -0.4 is 11.1 Å². The van der Waals surface area contributed by atoms with E-state index in [9.17, 15) is 0 Å². The molecule has 1 aromatic carbocycles. The van der Waals surface area contributed by atoms with Crippen LogP contribution in [0.25, 0.3) is 0 Å². The third-order valence-electron chi connectivity index (χ3n) is 2.32. The normalized spacial score (nSPS) is 12.8. The summed E-state index contributed by atoms with van der Waals surface area (Å²) in [5.74, 6) is 0. The standard InChI is InChI=1S/C12H20N2/c1-3-7-14-12(9-13)11-6-4-5-10(2)8-11/h4-6,8,12,14H,3,7,9,13H2,1-2H3. The molecule has 0 aliphatic rings. The van der Waals surface area contributed by atoms with Gasteiger partial charge in [0, 0.05) is 12.6 Å². The second kappa shape index (κ2) is 5.78. The van der Waals surface area contributed by atoms with E-state index in [2.05, 4.69) is 43.4 Å². The van der Waals surface area contributed by atoms with E-state index in [1.165, 1.54) is 11.1 Å². The van der Waals surface area contributed by atoms with E-state index in [-0.39, 0.29) is 0 Å². The summed E-state index contributed by atoms with van der Waals surface area (Å²) in [7, 11) is 0. The predicted octanol–water partition coefficient (Wildman–Crippen LogP) is 1.99. The third kappa shape index (κ3) is 3.13. The monoisotopic (exact) mass is 192 g/mol. The molecular formula is C12H20N2. The second-order valence-electron chi connectivity index (χ2n) is 3.66. The fourth-order valence-electron chi connectivity index (χ4n) is 1.54. The lowest BCUT2D eigenvalue weighted by molar-refractivity contribution is 0.540. The van der Waals surface area contributed by atoms with Crippen molar-refractivity contribution in [1.82, 2.24) is 5.32 Å². The minimum atomic E-state index is 0.301. The Morgan fingerprint density at radius 1 is 1.43 bits per heavy atom. The Bertz CT molecular complexity index is 271. The number of nitrogens with one attached hydrogen (secondary N) is 1. The summed E-state index contributed by atoms with van der Waals surface area (Å²) in [4.78, 5) is 0. The number of benzene rings is 1. The molecule has 1 aromatic rings. The summed E-state index contributed by atoms with van der Waals surface area (Å²) in [5.41, 5.74) is 8.32. The largest absolute Gasteiger partial charge is 0.329 e. The van der Waals surface area contributed by atoms with Gasteiger partial charge in [0.1, 0.15) is 0 Å². The lowest BCUT2D eigenvalue weighted by Crippen LogP contribution is -2.28. The minimum Gasteiger partial charge on any atom is -0.329 e. The van der Waals surface area contributed by atoms with Gasteiger partial charge in [-0.3, -0.25) is 0 Å². The fraction of sp³-hybridized carbons (Fsp3) is 0.500. The first-order valence-electron chi connectivity index (χ1n) is 5.28. The van der Waals surface area contributed by atoms with Crippen LogP contribution in [0.5, 0.6) is 0 Å². The van der Waals surface area contributed by atoms with Gasteiger partial charge in [0.25, 0.3) is 0 Å². The quantitative estimate of drug-likeness (QED) is 0.748. The van der Waals surface area contributed by atoms with Crippen molar-refractivity contribution >= 4 is 0 Å². The second-order valence-corrected chi connectivity index (χ2v) is 3.66. The van der Waals surface area contributed by atoms with Crippen molar-refractivity contribution in [2.75, 3.05) is 13.1 Å². The van der Waals surface area contributed by atoms with Crippen LogP contribution in [0.3, 0.4) is 0 Å². The molecule has 1 atom stereocenters. The van der Waals surface area contributed by atoms with Crippen molar-refractivity contribution in [3.8, 4) is 0 Å². The summed E-state index contributed by atoms with van der Waals surface area (Å²) in [6.45, 7) is 5.95. The van der Waals surface area contributed by atoms with Crippen LogP contribution in [-0.2, 0) is 0 Å². The number of hydrogen-bond acceptors (Lipinski definition) is 2. The highest BCUT2D eigenvalue weighted by atomic mass is 14.9. The molecule has 14 heavy (non-hydrogen) atoms. The van der Waals surface area contributed by atoms with Crippen molar-refractivity contribution in [2.24, 2.45) is 5.73 Å². The zero-order valence-corrected chi connectivity index (χ0v) is 9.09. The van der Waals surface area contributed by atoms with Crippen LogP contribution in [0.2, 0.25) is 0 Å². The minimum absolute atomic E-state index is 0.301. The Kier molecular flexibility index (Phi) is 4.63. The molecule has 0 fully saturated rings. The molecule has 0 radical (unpaired) electrons. The Labute approximate surface area is 86.5 Å². The Balaban J connectivity index is 2.68. The van der Waals surface area contributed by atoms with Crippen molar-refractivity contribution in [1.29, 1.82) is 0 Å². The van der Waals surface area contributed by atoms with E-state index in [1.807, 2.05) is 0 Å². The van der Waals surface area contributed by atoms with Gasteiger partial charge in [-0.25, -0.2) is 0 Å². The van der Waals surface area contributed by atoms with E-state index >= 15 is 0 Å². The molecule has 0 aliphatic carbocycles. The number of aryl methyl sites for hydroxylation is 1. The van der Waals surface area contributed by atoms with Crippen LogP contribution in [0, 0.1) is 6.92 Å².